The van der Waals surface area contributed by atoms with Gasteiger partial charge in [-0.2, -0.15) is 5.10 Å². The van der Waals surface area contributed by atoms with E-state index in [0.717, 1.165) is 5.69 Å². The topological polar surface area (TPSA) is 34.4 Å². The normalized spacial score (nSPS) is 11.7. The van der Waals surface area contributed by atoms with E-state index in [1.165, 1.54) is 16.8 Å². The molecule has 0 aliphatic rings. The molecule has 0 fully saturated rings. The van der Waals surface area contributed by atoms with Crippen LogP contribution in [0, 0.1) is 11.7 Å². The van der Waals surface area contributed by atoms with Gasteiger partial charge < -0.3 is 0 Å². The molecule has 0 spiro atoms. The lowest BCUT2D eigenvalue weighted by Gasteiger charge is -2.07. The predicted octanol–water partition coefficient (Wildman–Crippen LogP) is 3.44. The molecule has 0 radical (unpaired) electrons. The molecule has 2 aromatic rings. The number of fused-ring (bicyclic) bond motifs is 1. The Hall–Kier alpha value is -1.71. The van der Waals surface area contributed by atoms with E-state index in [1.807, 2.05) is 27.7 Å². The van der Waals surface area contributed by atoms with Gasteiger partial charge in [0.25, 0.3) is 0 Å². The van der Waals surface area contributed by atoms with Gasteiger partial charge in [-0.05, 0) is 18.1 Å². The summed E-state index contributed by atoms with van der Waals surface area (Å²) in [6.07, 6.45) is 1.30. The molecule has 0 aromatic carbocycles. The molecule has 2 aromatic heterocycles. The molecule has 2 heterocycles. The summed E-state index contributed by atoms with van der Waals surface area (Å²) in [6.45, 7) is 7.68. The quantitative estimate of drug-likeness (QED) is 0.780. The minimum atomic E-state index is -0.358. The van der Waals surface area contributed by atoms with Crippen LogP contribution in [0.3, 0.4) is 0 Å². The standard InChI is InChI=1S/C14H17FN2O/c1-8(2)13-12(14(18)9(3)4)11-6-5-10(15)7-17(11)16-13/h5-9H,1-4H3. The Kier molecular flexibility index (Phi) is 3.20. The van der Waals surface area contributed by atoms with Crippen molar-refractivity contribution in [3.63, 3.8) is 0 Å². The van der Waals surface area contributed by atoms with E-state index in [2.05, 4.69) is 5.10 Å². The summed E-state index contributed by atoms with van der Waals surface area (Å²) in [7, 11) is 0. The van der Waals surface area contributed by atoms with E-state index in [4.69, 9.17) is 0 Å². The van der Waals surface area contributed by atoms with Crippen molar-refractivity contribution in [2.45, 2.75) is 33.6 Å². The number of hydrogen-bond acceptors (Lipinski definition) is 2. The van der Waals surface area contributed by atoms with Gasteiger partial charge in [0.2, 0.25) is 0 Å². The predicted molar refractivity (Wildman–Crippen MR) is 68.4 cm³/mol. The van der Waals surface area contributed by atoms with Gasteiger partial charge >= 0.3 is 0 Å². The van der Waals surface area contributed by atoms with Crippen molar-refractivity contribution in [2.24, 2.45) is 5.92 Å². The Morgan fingerprint density at radius 3 is 2.50 bits per heavy atom. The van der Waals surface area contributed by atoms with Crippen LogP contribution in [0.25, 0.3) is 5.52 Å². The first-order valence-corrected chi connectivity index (χ1v) is 6.13. The van der Waals surface area contributed by atoms with E-state index in [1.54, 1.807) is 6.07 Å². The number of halogens is 1. The van der Waals surface area contributed by atoms with Crippen LogP contribution in [0.5, 0.6) is 0 Å². The number of ketones is 1. The van der Waals surface area contributed by atoms with Crippen molar-refractivity contribution in [3.8, 4) is 0 Å². The van der Waals surface area contributed by atoms with Crippen LogP contribution < -0.4 is 0 Å². The zero-order valence-corrected chi connectivity index (χ0v) is 11.1. The van der Waals surface area contributed by atoms with Gasteiger partial charge in [0, 0.05) is 5.92 Å². The number of carbonyl (C=O) groups is 1. The van der Waals surface area contributed by atoms with E-state index in [0.29, 0.717) is 11.1 Å². The van der Waals surface area contributed by atoms with Crippen LogP contribution in [0.1, 0.15) is 49.7 Å². The van der Waals surface area contributed by atoms with Gasteiger partial charge in [-0.15, -0.1) is 0 Å². The number of rotatable bonds is 3. The van der Waals surface area contributed by atoms with Crippen molar-refractivity contribution >= 4 is 11.3 Å². The molecule has 2 rings (SSSR count). The highest BCUT2D eigenvalue weighted by atomic mass is 19.1. The highest BCUT2D eigenvalue weighted by molar-refractivity contribution is 6.04. The lowest BCUT2D eigenvalue weighted by atomic mass is 9.95. The van der Waals surface area contributed by atoms with Crippen LogP contribution in [-0.2, 0) is 0 Å². The molecule has 0 N–H and O–H groups in total. The van der Waals surface area contributed by atoms with Crippen LogP contribution in [-0.4, -0.2) is 15.4 Å². The third-order valence-electron chi connectivity index (χ3n) is 2.94. The minimum absolute atomic E-state index is 0.0558. The molecule has 0 unspecified atom stereocenters. The summed E-state index contributed by atoms with van der Waals surface area (Å²) in [4.78, 5) is 12.3. The summed E-state index contributed by atoms with van der Waals surface area (Å²) < 4.78 is 14.7. The summed E-state index contributed by atoms with van der Waals surface area (Å²) in [5, 5.41) is 4.33. The number of carbonyl (C=O) groups excluding carboxylic acids is 1. The third kappa shape index (κ3) is 2.03. The van der Waals surface area contributed by atoms with E-state index in [-0.39, 0.29) is 23.4 Å². The average molecular weight is 248 g/mol. The van der Waals surface area contributed by atoms with Crippen LogP contribution >= 0.6 is 0 Å². The van der Waals surface area contributed by atoms with Crippen molar-refractivity contribution in [1.82, 2.24) is 9.61 Å². The first-order chi connectivity index (χ1) is 8.41. The smallest absolute Gasteiger partial charge is 0.169 e. The number of pyridine rings is 1. The molecule has 3 nitrogen and oxygen atoms in total. The molecule has 0 bridgehead atoms. The number of Topliss-reactive ketones (excluding diaryl/α,β-unsaturated/α-hetero) is 1. The van der Waals surface area contributed by atoms with Gasteiger partial charge in [-0.25, -0.2) is 8.91 Å². The molecule has 96 valence electrons. The Balaban J connectivity index is 2.74. The molecule has 18 heavy (non-hydrogen) atoms. The minimum Gasteiger partial charge on any atom is -0.294 e. The molecule has 0 aliphatic heterocycles. The molecular formula is C14H17FN2O. The maximum atomic E-state index is 13.2. The first kappa shape index (κ1) is 12.7. The van der Waals surface area contributed by atoms with Gasteiger partial charge in [0.1, 0.15) is 5.82 Å². The lowest BCUT2D eigenvalue weighted by Crippen LogP contribution is -2.10. The van der Waals surface area contributed by atoms with Crippen LogP contribution in [0.4, 0.5) is 4.39 Å². The molecule has 4 heteroatoms. The fourth-order valence-corrected chi connectivity index (χ4v) is 1.99. The molecular weight excluding hydrogens is 231 g/mol. The molecule has 0 amide bonds. The maximum absolute atomic E-state index is 13.2. The first-order valence-electron chi connectivity index (χ1n) is 6.13. The summed E-state index contributed by atoms with van der Waals surface area (Å²) in [6, 6.07) is 2.97. The molecule has 0 aliphatic carbocycles. The Bertz CT molecular complexity index is 599. The number of hydrogen-bond donors (Lipinski definition) is 0. The van der Waals surface area contributed by atoms with Gasteiger partial charge in [-0.3, -0.25) is 4.79 Å². The Labute approximate surface area is 106 Å². The van der Waals surface area contributed by atoms with Crippen LogP contribution in [0.2, 0.25) is 0 Å². The van der Waals surface area contributed by atoms with Crippen molar-refractivity contribution in [3.05, 3.63) is 35.4 Å². The van der Waals surface area contributed by atoms with Crippen LogP contribution in [0.15, 0.2) is 18.3 Å². The van der Waals surface area contributed by atoms with Crippen molar-refractivity contribution in [2.75, 3.05) is 0 Å². The van der Waals surface area contributed by atoms with E-state index < -0.39 is 0 Å². The largest absolute Gasteiger partial charge is 0.294 e. The molecule has 0 atom stereocenters. The monoisotopic (exact) mass is 248 g/mol. The zero-order valence-electron chi connectivity index (χ0n) is 11.1. The second-order valence-electron chi connectivity index (χ2n) is 5.11. The van der Waals surface area contributed by atoms with Crippen molar-refractivity contribution < 1.29 is 9.18 Å². The fourth-order valence-electron chi connectivity index (χ4n) is 1.99. The Morgan fingerprint density at radius 2 is 1.94 bits per heavy atom. The van der Waals surface area contributed by atoms with Gasteiger partial charge in [0.05, 0.1) is 23.0 Å². The average Bonchev–Trinajstić information content (AvgIpc) is 2.66. The molecule has 0 saturated heterocycles. The number of aromatic nitrogens is 2. The summed E-state index contributed by atoms with van der Waals surface area (Å²) in [5.74, 6) is -0.268. The highest BCUT2D eigenvalue weighted by Crippen LogP contribution is 2.25. The lowest BCUT2D eigenvalue weighted by molar-refractivity contribution is 0.0939. The Morgan fingerprint density at radius 1 is 1.28 bits per heavy atom. The second-order valence-corrected chi connectivity index (χ2v) is 5.11. The van der Waals surface area contributed by atoms with E-state index in [9.17, 15) is 9.18 Å². The van der Waals surface area contributed by atoms with Gasteiger partial charge in [0.15, 0.2) is 5.78 Å². The third-order valence-corrected chi connectivity index (χ3v) is 2.94. The maximum Gasteiger partial charge on any atom is 0.169 e. The number of nitrogens with zero attached hydrogens (tertiary/aromatic N) is 2. The van der Waals surface area contributed by atoms with Gasteiger partial charge in [-0.1, -0.05) is 27.7 Å². The second kappa shape index (κ2) is 4.52. The fraction of sp³-hybridized carbons (Fsp3) is 0.429. The molecule has 0 saturated carbocycles. The summed E-state index contributed by atoms with van der Waals surface area (Å²) >= 11 is 0. The SMILES string of the molecule is CC(C)C(=O)c1c(C(C)C)nn2cc(F)ccc12. The summed E-state index contributed by atoms with van der Waals surface area (Å²) in [5.41, 5.74) is 2.04. The zero-order chi connectivity index (χ0) is 13.4. The van der Waals surface area contributed by atoms with Crippen molar-refractivity contribution in [1.29, 1.82) is 0 Å². The van der Waals surface area contributed by atoms with E-state index >= 15 is 0 Å². The highest BCUT2D eigenvalue weighted by Gasteiger charge is 2.23.